The molecule has 35 heavy (non-hydrogen) atoms. The van der Waals surface area contributed by atoms with Crippen LogP contribution < -0.4 is 10.1 Å². The molecule has 1 heterocycles. The van der Waals surface area contributed by atoms with Crippen molar-refractivity contribution in [1.29, 1.82) is 0 Å². The molecule has 0 amide bonds. The number of allylic oxidation sites excluding steroid dienone is 4. The van der Waals surface area contributed by atoms with Crippen LogP contribution in [0.1, 0.15) is 61.2 Å². The first kappa shape index (κ1) is 24.3. The van der Waals surface area contributed by atoms with Crippen molar-refractivity contribution in [3.05, 3.63) is 75.7 Å². The van der Waals surface area contributed by atoms with E-state index in [0.29, 0.717) is 5.70 Å². The van der Waals surface area contributed by atoms with Crippen LogP contribution in [0.5, 0.6) is 17.2 Å². The van der Waals surface area contributed by atoms with E-state index in [-0.39, 0.29) is 45.6 Å². The Bertz CT molecular complexity index is 1320. The number of aromatic hydroxyl groups is 2. The maximum Gasteiger partial charge on any atom is 0.194 e. The van der Waals surface area contributed by atoms with Gasteiger partial charge in [0.05, 0.1) is 11.1 Å². The molecule has 0 aromatic heterocycles. The third-order valence-electron chi connectivity index (χ3n) is 6.93. The van der Waals surface area contributed by atoms with Gasteiger partial charge in [-0.1, -0.05) is 30.3 Å². The summed E-state index contributed by atoms with van der Waals surface area (Å²) in [7, 11) is 0. The number of phenols is 2. The molecule has 2 aliphatic rings. The number of hydrogen-bond donors (Lipinski definition) is 3. The van der Waals surface area contributed by atoms with Gasteiger partial charge in [0.2, 0.25) is 0 Å². The zero-order chi connectivity index (χ0) is 25.7. The Balaban J connectivity index is 1.72. The highest BCUT2D eigenvalue weighted by atomic mass is 16.5. The van der Waals surface area contributed by atoms with Crippen molar-refractivity contribution >= 4 is 17.3 Å². The summed E-state index contributed by atoms with van der Waals surface area (Å²) in [6.07, 6.45) is 2.86. The molecule has 0 radical (unpaired) electrons. The van der Waals surface area contributed by atoms with Gasteiger partial charge in [-0.3, -0.25) is 14.4 Å². The van der Waals surface area contributed by atoms with Crippen LogP contribution in [0.15, 0.2) is 53.4 Å². The van der Waals surface area contributed by atoms with Crippen LogP contribution in [-0.2, 0) is 21.4 Å². The minimum Gasteiger partial charge on any atom is -0.507 e. The van der Waals surface area contributed by atoms with Gasteiger partial charge in [-0.05, 0) is 53.0 Å². The van der Waals surface area contributed by atoms with E-state index < -0.39 is 28.5 Å². The van der Waals surface area contributed by atoms with Crippen molar-refractivity contribution in [2.75, 3.05) is 0 Å². The Morgan fingerprint density at radius 2 is 1.77 bits per heavy atom. The van der Waals surface area contributed by atoms with Crippen LogP contribution in [0.2, 0.25) is 0 Å². The predicted molar refractivity (Wildman–Crippen MR) is 131 cm³/mol. The molecule has 1 aliphatic heterocycles. The molecule has 0 fully saturated rings. The van der Waals surface area contributed by atoms with Gasteiger partial charge >= 0.3 is 0 Å². The fraction of sp³-hybridized carbons (Fsp3) is 0.321. The fourth-order valence-electron chi connectivity index (χ4n) is 4.90. The molecule has 0 bridgehead atoms. The molecule has 2 unspecified atom stereocenters. The van der Waals surface area contributed by atoms with Gasteiger partial charge in [0, 0.05) is 23.4 Å². The summed E-state index contributed by atoms with van der Waals surface area (Å²) in [5.41, 5.74) is 0.139. The number of ketones is 3. The Hall–Kier alpha value is -3.87. The van der Waals surface area contributed by atoms with Crippen LogP contribution in [0.25, 0.3) is 0 Å². The van der Waals surface area contributed by atoms with E-state index in [0.717, 1.165) is 12.8 Å². The van der Waals surface area contributed by atoms with E-state index in [1.54, 1.807) is 13.8 Å². The van der Waals surface area contributed by atoms with Crippen LogP contribution in [0, 0.1) is 6.92 Å². The van der Waals surface area contributed by atoms with Crippen molar-refractivity contribution in [3.8, 4) is 17.2 Å². The molecule has 2 aromatic rings. The highest BCUT2D eigenvalue weighted by molar-refractivity contribution is 6.31. The number of benzene rings is 2. The first-order valence-corrected chi connectivity index (χ1v) is 11.6. The Morgan fingerprint density at radius 3 is 2.40 bits per heavy atom. The molecule has 0 saturated heterocycles. The van der Waals surface area contributed by atoms with Crippen LogP contribution in [0.3, 0.4) is 0 Å². The lowest BCUT2D eigenvalue weighted by molar-refractivity contribution is -0.123. The molecular weight excluding hydrogens is 446 g/mol. The average molecular weight is 476 g/mol. The average Bonchev–Trinajstić information content (AvgIpc) is 3.09. The predicted octanol–water partition coefficient (Wildman–Crippen LogP) is 4.18. The van der Waals surface area contributed by atoms with Gasteiger partial charge in [-0.25, -0.2) is 0 Å². The number of rotatable bonds is 6. The van der Waals surface area contributed by atoms with E-state index in [1.165, 1.54) is 25.5 Å². The quantitative estimate of drug-likeness (QED) is 0.326. The van der Waals surface area contributed by atoms with Crippen LogP contribution >= 0.6 is 0 Å². The molecule has 0 saturated carbocycles. The molecule has 7 heteroatoms. The zero-order valence-electron chi connectivity index (χ0n) is 20.5. The summed E-state index contributed by atoms with van der Waals surface area (Å²) in [5.74, 6) is -2.33. The number of Topliss-reactive ketones (excluding diaryl/α,β-unsaturated/α-hetero) is 2. The second-order valence-corrected chi connectivity index (χ2v) is 9.46. The van der Waals surface area contributed by atoms with Crippen LogP contribution in [-0.4, -0.2) is 33.6 Å². The lowest BCUT2D eigenvalue weighted by Crippen LogP contribution is -2.41. The number of fused-ring (bicyclic) bond motifs is 3. The SMILES string of the molecule is CC(=O)c1c(O)c(C)c(O)c2c1OC1=CC(=O)C(=C(C)NC(C)CCc3ccccc3)C(=O)C12C. The largest absolute Gasteiger partial charge is 0.507 e. The third kappa shape index (κ3) is 3.81. The summed E-state index contributed by atoms with van der Waals surface area (Å²) in [4.78, 5) is 39.2. The van der Waals surface area contributed by atoms with E-state index in [4.69, 9.17) is 4.74 Å². The molecular formula is C28H29NO6. The van der Waals surface area contributed by atoms with E-state index >= 15 is 0 Å². The summed E-state index contributed by atoms with van der Waals surface area (Å²) in [6.45, 7) is 7.95. The van der Waals surface area contributed by atoms with Crippen molar-refractivity contribution in [2.24, 2.45) is 0 Å². The van der Waals surface area contributed by atoms with Crippen molar-refractivity contribution in [3.63, 3.8) is 0 Å². The number of nitrogens with one attached hydrogen (secondary N) is 1. The molecule has 3 N–H and O–H groups in total. The standard InChI is InChI=1S/C28H29NO6/c1-14(11-12-18-9-7-6-8-10-18)29-16(3)21-19(31)13-20-28(5,27(21)34)23-25(33)15(2)24(32)22(17(4)30)26(23)35-20/h6-10,13-14,29,32-33H,11-12H2,1-5H3. The first-order valence-electron chi connectivity index (χ1n) is 11.6. The normalized spacial score (nSPS) is 21.0. The number of ether oxygens (including phenoxy) is 1. The number of phenolic OH excluding ortho intramolecular Hbond substituents is 2. The highest BCUT2D eigenvalue weighted by Crippen LogP contribution is 2.57. The molecule has 7 nitrogen and oxygen atoms in total. The monoisotopic (exact) mass is 475 g/mol. The molecule has 0 spiro atoms. The lowest BCUT2D eigenvalue weighted by atomic mass is 9.70. The van der Waals surface area contributed by atoms with E-state index in [9.17, 15) is 24.6 Å². The smallest absolute Gasteiger partial charge is 0.194 e. The zero-order valence-corrected chi connectivity index (χ0v) is 20.5. The highest BCUT2D eigenvalue weighted by Gasteiger charge is 2.56. The minimum absolute atomic E-state index is 0.00878. The second kappa shape index (κ2) is 8.73. The summed E-state index contributed by atoms with van der Waals surface area (Å²) >= 11 is 0. The summed E-state index contributed by atoms with van der Waals surface area (Å²) in [5, 5.41) is 24.6. The molecule has 2 atom stereocenters. The molecule has 182 valence electrons. The fourth-order valence-corrected chi connectivity index (χ4v) is 4.90. The Labute approximate surface area is 204 Å². The summed E-state index contributed by atoms with van der Waals surface area (Å²) in [6, 6.07) is 10.0. The van der Waals surface area contributed by atoms with Gasteiger partial charge in [0.25, 0.3) is 0 Å². The van der Waals surface area contributed by atoms with Gasteiger partial charge < -0.3 is 20.3 Å². The number of carbonyl (C=O) groups excluding carboxylic acids is 3. The number of aryl methyl sites for hydroxylation is 1. The van der Waals surface area contributed by atoms with Gasteiger partial charge in [-0.15, -0.1) is 0 Å². The molecule has 1 aliphatic carbocycles. The Morgan fingerprint density at radius 1 is 1.11 bits per heavy atom. The Kier molecular flexibility index (Phi) is 6.05. The number of hydrogen-bond acceptors (Lipinski definition) is 7. The van der Waals surface area contributed by atoms with Gasteiger partial charge in [0.1, 0.15) is 34.0 Å². The van der Waals surface area contributed by atoms with Crippen molar-refractivity contribution in [2.45, 2.75) is 58.9 Å². The number of carbonyl (C=O) groups is 3. The van der Waals surface area contributed by atoms with Gasteiger partial charge in [0.15, 0.2) is 17.3 Å². The van der Waals surface area contributed by atoms with Crippen LogP contribution in [0.4, 0.5) is 0 Å². The maximum absolute atomic E-state index is 13.8. The first-order chi connectivity index (χ1) is 16.5. The van der Waals surface area contributed by atoms with Crippen molar-refractivity contribution < 1.29 is 29.3 Å². The van der Waals surface area contributed by atoms with Gasteiger partial charge in [-0.2, -0.15) is 0 Å². The molecule has 4 rings (SSSR count). The van der Waals surface area contributed by atoms with E-state index in [2.05, 4.69) is 17.4 Å². The second-order valence-electron chi connectivity index (χ2n) is 9.46. The third-order valence-corrected chi connectivity index (χ3v) is 6.93. The topological polar surface area (TPSA) is 113 Å². The lowest BCUT2D eigenvalue weighted by Gasteiger charge is -2.29. The summed E-state index contributed by atoms with van der Waals surface area (Å²) < 4.78 is 5.80. The minimum atomic E-state index is -1.51. The van der Waals surface area contributed by atoms with Crippen molar-refractivity contribution in [1.82, 2.24) is 5.32 Å². The van der Waals surface area contributed by atoms with E-state index in [1.807, 2.05) is 25.1 Å². The maximum atomic E-state index is 13.8. The molecule has 2 aromatic carbocycles.